The van der Waals surface area contributed by atoms with Gasteiger partial charge in [0.05, 0.1) is 8.66 Å². The van der Waals surface area contributed by atoms with E-state index in [4.69, 9.17) is 11.6 Å². The molecule has 0 saturated carbocycles. The molecule has 2 aromatic heterocycles. The van der Waals surface area contributed by atoms with Gasteiger partial charge < -0.3 is 0 Å². The summed E-state index contributed by atoms with van der Waals surface area (Å²) in [6.45, 7) is 0. The minimum absolute atomic E-state index is 0.590. The summed E-state index contributed by atoms with van der Waals surface area (Å²) in [4.78, 5) is 1.12. The van der Waals surface area contributed by atoms with Crippen molar-refractivity contribution in [2.45, 2.75) is 6.42 Å². The third kappa shape index (κ3) is 2.79. The predicted octanol–water partition coefficient (Wildman–Crippen LogP) is 4.57. The average molecular weight is 389 g/mol. The molecular formula is C8H5Br2ClN2S2. The van der Waals surface area contributed by atoms with Crippen LogP contribution in [0.3, 0.4) is 0 Å². The third-order valence-electron chi connectivity index (χ3n) is 1.63. The quantitative estimate of drug-likeness (QED) is 0.720. The summed E-state index contributed by atoms with van der Waals surface area (Å²) in [7, 11) is 0. The van der Waals surface area contributed by atoms with Crippen LogP contribution in [-0.4, -0.2) is 16.1 Å². The lowest BCUT2D eigenvalue weighted by molar-refractivity contribution is 0.991. The van der Waals surface area contributed by atoms with Gasteiger partial charge >= 0.3 is 0 Å². The van der Waals surface area contributed by atoms with Crippen molar-refractivity contribution in [1.82, 2.24) is 10.2 Å². The molecule has 0 unspecified atom stereocenters. The maximum Gasteiger partial charge on any atom is 0.157 e. The second-order valence-corrected chi connectivity index (χ2v) is 7.34. The van der Waals surface area contributed by atoms with Crippen LogP contribution in [0.4, 0.5) is 0 Å². The van der Waals surface area contributed by atoms with E-state index < -0.39 is 0 Å². The Kier molecular flexibility index (Phi) is 4.17. The van der Waals surface area contributed by atoms with E-state index in [0.717, 1.165) is 29.6 Å². The first-order chi connectivity index (χ1) is 7.20. The topological polar surface area (TPSA) is 25.8 Å². The molecule has 0 aliphatic rings. The van der Waals surface area contributed by atoms with E-state index in [0.29, 0.717) is 5.88 Å². The first-order valence-corrected chi connectivity index (χ1v) is 7.79. The zero-order valence-electron chi connectivity index (χ0n) is 7.34. The minimum atomic E-state index is 0.590. The smallest absolute Gasteiger partial charge is 0.143 e. The molecule has 2 heterocycles. The standard InChI is InChI=1S/C8H5Br2ClN2S2/c9-4-3-5(14-7(4)10)8-13-12-6(15-8)1-2-11/h3H,1-2H2. The van der Waals surface area contributed by atoms with Crippen molar-refractivity contribution in [2.75, 3.05) is 5.88 Å². The molecule has 0 N–H and O–H groups in total. The molecule has 2 nitrogen and oxygen atoms in total. The number of thiophene rings is 1. The van der Waals surface area contributed by atoms with Crippen LogP contribution in [0.15, 0.2) is 14.3 Å². The summed E-state index contributed by atoms with van der Waals surface area (Å²) < 4.78 is 2.13. The highest BCUT2D eigenvalue weighted by Crippen LogP contribution is 2.39. The molecule has 0 bridgehead atoms. The van der Waals surface area contributed by atoms with Gasteiger partial charge in [0, 0.05) is 16.8 Å². The number of nitrogens with zero attached hydrogens (tertiary/aromatic N) is 2. The second-order valence-electron chi connectivity index (χ2n) is 2.67. The SMILES string of the molecule is ClCCc1nnc(-c2cc(Br)c(Br)s2)s1. The third-order valence-corrected chi connectivity index (χ3v) is 6.23. The van der Waals surface area contributed by atoms with Gasteiger partial charge in [0.2, 0.25) is 0 Å². The van der Waals surface area contributed by atoms with Crippen molar-refractivity contribution in [1.29, 1.82) is 0 Å². The maximum atomic E-state index is 5.65. The molecule has 0 aliphatic carbocycles. The van der Waals surface area contributed by atoms with Crippen molar-refractivity contribution in [2.24, 2.45) is 0 Å². The van der Waals surface area contributed by atoms with Crippen LogP contribution in [0.2, 0.25) is 0 Å². The Hall–Kier alpha value is 0.510. The lowest BCUT2D eigenvalue weighted by atomic mass is 10.5. The van der Waals surface area contributed by atoms with Crippen LogP contribution in [0.5, 0.6) is 0 Å². The zero-order valence-corrected chi connectivity index (χ0v) is 12.9. The van der Waals surface area contributed by atoms with E-state index in [-0.39, 0.29) is 0 Å². The van der Waals surface area contributed by atoms with E-state index in [2.05, 4.69) is 42.1 Å². The van der Waals surface area contributed by atoms with Gasteiger partial charge in [-0.3, -0.25) is 0 Å². The van der Waals surface area contributed by atoms with Gasteiger partial charge in [-0.1, -0.05) is 11.3 Å². The van der Waals surface area contributed by atoms with Crippen molar-refractivity contribution in [3.63, 3.8) is 0 Å². The lowest BCUT2D eigenvalue weighted by Gasteiger charge is -1.85. The molecule has 0 aromatic carbocycles. The Bertz CT molecular complexity index is 449. The summed E-state index contributed by atoms with van der Waals surface area (Å²) >= 11 is 15.8. The largest absolute Gasteiger partial charge is 0.157 e. The van der Waals surface area contributed by atoms with E-state index >= 15 is 0 Å². The van der Waals surface area contributed by atoms with Gasteiger partial charge in [-0.15, -0.1) is 33.1 Å². The Morgan fingerprint density at radius 2 is 2.07 bits per heavy atom. The van der Waals surface area contributed by atoms with Crippen LogP contribution >= 0.6 is 66.1 Å². The Morgan fingerprint density at radius 1 is 1.27 bits per heavy atom. The summed E-state index contributed by atoms with van der Waals surface area (Å²) in [5.41, 5.74) is 0. The molecule has 0 atom stereocenters. The normalized spacial score (nSPS) is 10.9. The molecule has 2 rings (SSSR count). The fourth-order valence-corrected chi connectivity index (χ4v) is 4.19. The molecule has 0 amide bonds. The number of hydrogen-bond acceptors (Lipinski definition) is 4. The van der Waals surface area contributed by atoms with Crippen molar-refractivity contribution >= 4 is 66.1 Å². The van der Waals surface area contributed by atoms with Gasteiger partial charge in [-0.25, -0.2) is 0 Å². The van der Waals surface area contributed by atoms with E-state index in [1.807, 2.05) is 6.07 Å². The Balaban J connectivity index is 2.28. The minimum Gasteiger partial charge on any atom is -0.143 e. The highest BCUT2D eigenvalue weighted by molar-refractivity contribution is 9.13. The molecular weight excluding hydrogens is 383 g/mol. The Morgan fingerprint density at radius 3 is 2.67 bits per heavy atom. The zero-order chi connectivity index (χ0) is 10.8. The summed E-state index contributed by atoms with van der Waals surface area (Å²) in [6.07, 6.45) is 0.785. The van der Waals surface area contributed by atoms with E-state index in [1.54, 1.807) is 22.7 Å². The summed E-state index contributed by atoms with van der Waals surface area (Å²) in [6, 6.07) is 2.04. The number of alkyl halides is 1. The van der Waals surface area contributed by atoms with Crippen LogP contribution in [0, 0.1) is 0 Å². The van der Waals surface area contributed by atoms with E-state index in [1.165, 1.54) is 0 Å². The first-order valence-electron chi connectivity index (χ1n) is 4.04. The predicted molar refractivity (Wildman–Crippen MR) is 73.0 cm³/mol. The van der Waals surface area contributed by atoms with Crippen molar-refractivity contribution in [3.8, 4) is 9.88 Å². The van der Waals surface area contributed by atoms with Crippen LogP contribution in [0.25, 0.3) is 9.88 Å². The highest BCUT2D eigenvalue weighted by atomic mass is 79.9. The van der Waals surface area contributed by atoms with Crippen LogP contribution < -0.4 is 0 Å². The fourth-order valence-electron chi connectivity index (χ4n) is 0.987. The van der Waals surface area contributed by atoms with Crippen molar-refractivity contribution in [3.05, 3.63) is 19.3 Å². The number of halogens is 3. The number of aryl methyl sites for hydroxylation is 1. The summed E-state index contributed by atoms with van der Waals surface area (Å²) in [5, 5.41) is 10.2. The number of rotatable bonds is 3. The van der Waals surface area contributed by atoms with Crippen molar-refractivity contribution < 1.29 is 0 Å². The molecule has 0 spiro atoms. The van der Waals surface area contributed by atoms with Gasteiger partial charge in [-0.05, 0) is 37.9 Å². The number of hydrogen-bond donors (Lipinski definition) is 0. The second kappa shape index (κ2) is 5.23. The average Bonchev–Trinajstić information content (AvgIpc) is 2.76. The van der Waals surface area contributed by atoms with Gasteiger partial charge in [0.15, 0.2) is 5.01 Å². The van der Waals surface area contributed by atoms with Gasteiger partial charge in [-0.2, -0.15) is 0 Å². The summed E-state index contributed by atoms with van der Waals surface area (Å²) in [5.74, 6) is 0.590. The molecule has 0 saturated heterocycles. The first kappa shape index (κ1) is 12.0. The molecule has 2 aromatic rings. The number of aromatic nitrogens is 2. The molecule has 0 fully saturated rings. The lowest BCUT2D eigenvalue weighted by Crippen LogP contribution is -1.82. The molecule has 0 radical (unpaired) electrons. The van der Waals surface area contributed by atoms with Crippen LogP contribution in [0.1, 0.15) is 5.01 Å². The molecule has 7 heteroatoms. The van der Waals surface area contributed by atoms with Gasteiger partial charge in [0.1, 0.15) is 5.01 Å². The van der Waals surface area contributed by atoms with Crippen LogP contribution in [-0.2, 0) is 6.42 Å². The highest BCUT2D eigenvalue weighted by Gasteiger charge is 2.11. The monoisotopic (exact) mass is 386 g/mol. The fraction of sp³-hybridized carbons (Fsp3) is 0.250. The van der Waals surface area contributed by atoms with Gasteiger partial charge in [0.25, 0.3) is 0 Å². The Labute approximate surface area is 117 Å². The molecule has 15 heavy (non-hydrogen) atoms. The maximum absolute atomic E-state index is 5.65. The van der Waals surface area contributed by atoms with E-state index in [9.17, 15) is 0 Å². The molecule has 0 aliphatic heterocycles. The molecule has 80 valence electrons.